The Labute approximate surface area is 143 Å². The van der Waals surface area contributed by atoms with Crippen LogP contribution in [0.25, 0.3) is 0 Å². The first-order valence-electron chi connectivity index (χ1n) is 8.10. The summed E-state index contributed by atoms with van der Waals surface area (Å²) in [5.41, 5.74) is 1.30. The molecule has 2 heterocycles. The second-order valence-electron chi connectivity index (χ2n) is 6.27. The molecule has 0 unspecified atom stereocenters. The van der Waals surface area contributed by atoms with E-state index < -0.39 is 12.0 Å². The predicted molar refractivity (Wildman–Crippen MR) is 85.8 cm³/mol. The van der Waals surface area contributed by atoms with Crippen molar-refractivity contribution in [1.82, 2.24) is 14.9 Å². The van der Waals surface area contributed by atoms with Gasteiger partial charge >= 0.3 is 6.18 Å². The Morgan fingerprint density at radius 3 is 2.44 bits per heavy atom. The third-order valence-corrected chi connectivity index (χ3v) is 4.67. The molecule has 4 nitrogen and oxygen atoms in total. The summed E-state index contributed by atoms with van der Waals surface area (Å²) < 4.78 is 37.6. The molecule has 0 radical (unpaired) electrons. The highest BCUT2D eigenvalue weighted by Crippen LogP contribution is 2.29. The normalized spacial score (nSPS) is 20.7. The summed E-state index contributed by atoms with van der Waals surface area (Å²) in [6.45, 7) is 2.56. The van der Waals surface area contributed by atoms with Crippen molar-refractivity contribution in [1.29, 1.82) is 0 Å². The van der Waals surface area contributed by atoms with Crippen LogP contribution in [-0.4, -0.2) is 33.4 Å². The summed E-state index contributed by atoms with van der Waals surface area (Å²) in [5.74, 6) is -1.24. The van der Waals surface area contributed by atoms with E-state index in [9.17, 15) is 18.0 Å². The second kappa shape index (κ2) is 6.82. The van der Waals surface area contributed by atoms with Crippen LogP contribution in [0, 0.1) is 5.92 Å². The average Bonchev–Trinajstić information content (AvgIpc) is 2.95. The van der Waals surface area contributed by atoms with Crippen LogP contribution in [0.2, 0.25) is 0 Å². The van der Waals surface area contributed by atoms with E-state index in [-0.39, 0.29) is 17.5 Å². The van der Waals surface area contributed by atoms with E-state index in [0.29, 0.717) is 12.5 Å². The summed E-state index contributed by atoms with van der Waals surface area (Å²) in [5, 5.41) is 0. The van der Waals surface area contributed by atoms with Crippen molar-refractivity contribution in [2.45, 2.75) is 32.0 Å². The fourth-order valence-corrected chi connectivity index (χ4v) is 3.23. The summed E-state index contributed by atoms with van der Waals surface area (Å²) in [6, 6.07) is 10.0. The van der Waals surface area contributed by atoms with Gasteiger partial charge in [0.1, 0.15) is 0 Å². The minimum absolute atomic E-state index is 0.00926. The van der Waals surface area contributed by atoms with Crippen LogP contribution in [0.15, 0.2) is 42.7 Å². The highest BCUT2D eigenvalue weighted by molar-refractivity contribution is 5.94. The SMILES string of the molecule is C[C@@H]1[C@@H](Cc2ccccc2)CCN1C(=O)c1cnc(C(F)(F)F)nc1. The maximum Gasteiger partial charge on any atom is 0.451 e. The number of alkyl halides is 3. The van der Waals surface area contributed by atoms with Gasteiger partial charge in [-0.3, -0.25) is 4.79 Å². The molecule has 1 aliphatic rings. The van der Waals surface area contributed by atoms with Gasteiger partial charge in [0.15, 0.2) is 0 Å². The van der Waals surface area contributed by atoms with Gasteiger partial charge in [0, 0.05) is 25.0 Å². The van der Waals surface area contributed by atoms with Gasteiger partial charge in [0.05, 0.1) is 5.56 Å². The van der Waals surface area contributed by atoms with E-state index in [1.165, 1.54) is 5.56 Å². The Bertz CT molecular complexity index is 731. The zero-order chi connectivity index (χ0) is 18.0. The van der Waals surface area contributed by atoms with Crippen LogP contribution in [0.3, 0.4) is 0 Å². The smallest absolute Gasteiger partial charge is 0.336 e. The topological polar surface area (TPSA) is 46.1 Å². The molecule has 25 heavy (non-hydrogen) atoms. The lowest BCUT2D eigenvalue weighted by Crippen LogP contribution is -2.36. The molecule has 0 spiro atoms. The molecule has 1 aliphatic heterocycles. The summed E-state index contributed by atoms with van der Waals surface area (Å²) in [6.07, 6.45) is -0.966. The molecule has 1 aromatic carbocycles. The zero-order valence-electron chi connectivity index (χ0n) is 13.7. The Morgan fingerprint density at radius 1 is 1.20 bits per heavy atom. The largest absolute Gasteiger partial charge is 0.451 e. The molecule has 1 amide bonds. The number of amides is 1. The summed E-state index contributed by atoms with van der Waals surface area (Å²) in [7, 11) is 0. The van der Waals surface area contributed by atoms with Gasteiger partial charge in [0.25, 0.3) is 5.91 Å². The molecule has 3 rings (SSSR count). The van der Waals surface area contributed by atoms with Crippen LogP contribution in [0.4, 0.5) is 13.2 Å². The van der Waals surface area contributed by atoms with Gasteiger partial charge in [-0.15, -0.1) is 0 Å². The number of aromatic nitrogens is 2. The first-order chi connectivity index (χ1) is 11.9. The van der Waals surface area contributed by atoms with Crippen LogP contribution < -0.4 is 0 Å². The number of likely N-dealkylation sites (tertiary alicyclic amines) is 1. The summed E-state index contributed by atoms with van der Waals surface area (Å²) >= 11 is 0. The first kappa shape index (κ1) is 17.4. The molecular weight excluding hydrogens is 331 g/mol. The molecule has 0 N–H and O–H groups in total. The number of carbonyl (C=O) groups excluding carboxylic acids is 1. The number of carbonyl (C=O) groups is 1. The number of rotatable bonds is 3. The molecular formula is C18H18F3N3O. The Balaban J connectivity index is 1.69. The van der Waals surface area contributed by atoms with Crippen LogP contribution in [-0.2, 0) is 12.6 Å². The molecule has 0 saturated carbocycles. The number of hydrogen-bond donors (Lipinski definition) is 0. The van der Waals surface area contributed by atoms with Crippen LogP contribution >= 0.6 is 0 Å². The number of nitrogens with zero attached hydrogens (tertiary/aromatic N) is 3. The van der Waals surface area contributed by atoms with Crippen molar-refractivity contribution in [3.8, 4) is 0 Å². The lowest BCUT2D eigenvalue weighted by atomic mass is 9.93. The minimum atomic E-state index is -4.61. The summed E-state index contributed by atoms with van der Waals surface area (Å²) in [4.78, 5) is 20.8. The highest BCUT2D eigenvalue weighted by atomic mass is 19.4. The maximum absolute atomic E-state index is 12.6. The van der Waals surface area contributed by atoms with E-state index in [0.717, 1.165) is 25.2 Å². The van der Waals surface area contributed by atoms with Crippen LogP contribution in [0.1, 0.15) is 35.1 Å². The van der Waals surface area contributed by atoms with E-state index in [1.807, 2.05) is 25.1 Å². The third kappa shape index (κ3) is 3.81. The van der Waals surface area contributed by atoms with E-state index >= 15 is 0 Å². The van der Waals surface area contributed by atoms with Crippen molar-refractivity contribution >= 4 is 5.91 Å². The molecule has 0 bridgehead atoms. The van der Waals surface area contributed by atoms with Crippen LogP contribution in [0.5, 0.6) is 0 Å². The van der Waals surface area contributed by atoms with Gasteiger partial charge < -0.3 is 4.90 Å². The van der Waals surface area contributed by atoms with Gasteiger partial charge in [-0.05, 0) is 31.2 Å². The van der Waals surface area contributed by atoms with Gasteiger partial charge in [-0.2, -0.15) is 13.2 Å². The monoisotopic (exact) mass is 349 g/mol. The fourth-order valence-electron chi connectivity index (χ4n) is 3.23. The fraction of sp³-hybridized carbons (Fsp3) is 0.389. The lowest BCUT2D eigenvalue weighted by Gasteiger charge is -2.25. The quantitative estimate of drug-likeness (QED) is 0.851. The standard InChI is InChI=1S/C18H18F3N3O/c1-12-14(9-13-5-3-2-4-6-13)7-8-24(12)16(25)15-10-22-17(23-11-15)18(19,20)21/h2-6,10-12,14H,7-9H2,1H3/t12-,14-/m1/s1. The molecule has 2 atom stereocenters. The zero-order valence-corrected chi connectivity index (χ0v) is 13.7. The average molecular weight is 349 g/mol. The number of hydrogen-bond acceptors (Lipinski definition) is 3. The lowest BCUT2D eigenvalue weighted by molar-refractivity contribution is -0.145. The molecule has 0 aliphatic carbocycles. The third-order valence-electron chi connectivity index (χ3n) is 4.67. The first-order valence-corrected chi connectivity index (χ1v) is 8.10. The second-order valence-corrected chi connectivity index (χ2v) is 6.27. The highest BCUT2D eigenvalue weighted by Gasteiger charge is 2.36. The number of benzene rings is 1. The van der Waals surface area contributed by atoms with E-state index in [2.05, 4.69) is 22.1 Å². The molecule has 1 saturated heterocycles. The van der Waals surface area contributed by atoms with Crippen molar-refractivity contribution in [3.05, 3.63) is 59.7 Å². The van der Waals surface area contributed by atoms with Crippen molar-refractivity contribution in [2.24, 2.45) is 5.92 Å². The van der Waals surface area contributed by atoms with Gasteiger partial charge in [0.2, 0.25) is 5.82 Å². The van der Waals surface area contributed by atoms with Crippen molar-refractivity contribution in [2.75, 3.05) is 6.54 Å². The van der Waals surface area contributed by atoms with E-state index in [4.69, 9.17) is 0 Å². The molecule has 1 aromatic heterocycles. The Morgan fingerprint density at radius 2 is 1.84 bits per heavy atom. The molecule has 132 valence electrons. The predicted octanol–water partition coefficient (Wildman–Crippen LogP) is 3.59. The van der Waals surface area contributed by atoms with E-state index in [1.54, 1.807) is 4.90 Å². The number of halogens is 3. The molecule has 1 fully saturated rings. The Kier molecular flexibility index (Phi) is 4.74. The Hall–Kier alpha value is -2.44. The minimum Gasteiger partial charge on any atom is -0.336 e. The van der Waals surface area contributed by atoms with Gasteiger partial charge in [-0.1, -0.05) is 30.3 Å². The van der Waals surface area contributed by atoms with Gasteiger partial charge in [-0.25, -0.2) is 9.97 Å². The molecule has 7 heteroatoms. The van der Waals surface area contributed by atoms with Crippen molar-refractivity contribution < 1.29 is 18.0 Å². The molecule has 2 aromatic rings. The maximum atomic E-state index is 12.6. The van der Waals surface area contributed by atoms with Crippen molar-refractivity contribution in [3.63, 3.8) is 0 Å².